The minimum Gasteiger partial charge on any atom is -0.461 e. The van der Waals surface area contributed by atoms with E-state index in [9.17, 15) is 13.2 Å². The van der Waals surface area contributed by atoms with Gasteiger partial charge in [-0.05, 0) is 25.0 Å². The first-order chi connectivity index (χ1) is 13.9. The molecule has 0 saturated carbocycles. The van der Waals surface area contributed by atoms with Crippen LogP contribution in [-0.2, 0) is 21.2 Å². The Morgan fingerprint density at radius 2 is 2.31 bits per heavy atom. The largest absolute Gasteiger partial charge is 0.461 e. The van der Waals surface area contributed by atoms with Crippen molar-refractivity contribution in [1.82, 2.24) is 19.7 Å². The molecule has 10 heteroatoms. The van der Waals surface area contributed by atoms with E-state index in [1.54, 1.807) is 29.4 Å². The van der Waals surface area contributed by atoms with Gasteiger partial charge in [-0.3, -0.25) is 9.36 Å². The fourth-order valence-corrected chi connectivity index (χ4v) is 5.91. The third-order valence-electron chi connectivity index (χ3n) is 4.82. The van der Waals surface area contributed by atoms with Crippen LogP contribution in [0.25, 0.3) is 11.6 Å². The third kappa shape index (κ3) is 5.30. The predicted molar refractivity (Wildman–Crippen MR) is 112 cm³/mol. The highest BCUT2D eigenvalue weighted by molar-refractivity contribution is 7.99. The van der Waals surface area contributed by atoms with Crippen LogP contribution in [0.4, 0.5) is 0 Å². The summed E-state index contributed by atoms with van der Waals surface area (Å²) in [6.45, 7) is 6.89. The quantitative estimate of drug-likeness (QED) is 0.415. The van der Waals surface area contributed by atoms with Gasteiger partial charge in [0.25, 0.3) is 0 Å². The van der Waals surface area contributed by atoms with Crippen molar-refractivity contribution in [3.8, 4) is 11.6 Å². The van der Waals surface area contributed by atoms with Gasteiger partial charge in [0.05, 0.1) is 23.5 Å². The molecule has 29 heavy (non-hydrogen) atoms. The van der Waals surface area contributed by atoms with Crippen LogP contribution < -0.4 is 0 Å². The zero-order chi connectivity index (χ0) is 20.9. The molecule has 1 aliphatic rings. The molecule has 1 unspecified atom stereocenters. The molecule has 1 aliphatic heterocycles. The number of thioether (sulfide) groups is 1. The Kier molecular flexibility index (Phi) is 7.18. The summed E-state index contributed by atoms with van der Waals surface area (Å²) in [4.78, 5) is 14.7. The SMILES string of the molecule is C=CCn1c(SCC(=O)N(CCCC)C2CCS(=O)(=O)C2)nnc1-c1ccco1. The van der Waals surface area contributed by atoms with E-state index >= 15 is 0 Å². The summed E-state index contributed by atoms with van der Waals surface area (Å²) in [7, 11) is -3.05. The number of unbranched alkanes of at least 4 members (excludes halogenated alkanes) is 1. The summed E-state index contributed by atoms with van der Waals surface area (Å²) in [5.74, 6) is 1.49. The van der Waals surface area contributed by atoms with Crippen LogP contribution >= 0.6 is 11.8 Å². The molecule has 0 N–H and O–H groups in total. The second kappa shape index (κ2) is 9.62. The molecule has 0 radical (unpaired) electrons. The Labute approximate surface area is 175 Å². The monoisotopic (exact) mass is 438 g/mol. The van der Waals surface area contributed by atoms with Crippen LogP contribution in [0.1, 0.15) is 26.2 Å². The van der Waals surface area contributed by atoms with E-state index in [4.69, 9.17) is 4.42 Å². The Hall–Kier alpha value is -2.07. The summed E-state index contributed by atoms with van der Waals surface area (Å²) in [6.07, 6.45) is 5.61. The molecular weight excluding hydrogens is 412 g/mol. The fraction of sp³-hybridized carbons (Fsp3) is 0.526. The number of carbonyl (C=O) groups excluding carboxylic acids is 1. The van der Waals surface area contributed by atoms with Crippen LogP contribution in [0, 0.1) is 0 Å². The molecule has 3 rings (SSSR count). The van der Waals surface area contributed by atoms with E-state index in [0.717, 1.165) is 12.8 Å². The summed E-state index contributed by atoms with van der Waals surface area (Å²) < 4.78 is 31.0. The molecular formula is C19H26N4O4S2. The van der Waals surface area contributed by atoms with Gasteiger partial charge in [0.2, 0.25) is 11.7 Å². The molecule has 1 atom stereocenters. The van der Waals surface area contributed by atoms with E-state index < -0.39 is 9.84 Å². The minimum absolute atomic E-state index is 0.0579. The summed E-state index contributed by atoms with van der Waals surface area (Å²) >= 11 is 1.29. The van der Waals surface area contributed by atoms with Gasteiger partial charge in [-0.2, -0.15) is 0 Å². The Balaban J connectivity index is 1.71. The molecule has 1 amide bonds. The molecule has 1 fully saturated rings. The molecule has 2 aromatic rings. The van der Waals surface area contributed by atoms with Gasteiger partial charge in [-0.25, -0.2) is 8.42 Å². The lowest BCUT2D eigenvalue weighted by atomic mass is 10.2. The first-order valence-corrected chi connectivity index (χ1v) is 12.5. The highest BCUT2D eigenvalue weighted by Crippen LogP contribution is 2.26. The first-order valence-electron chi connectivity index (χ1n) is 9.66. The highest BCUT2D eigenvalue weighted by Gasteiger charge is 2.34. The molecule has 2 aromatic heterocycles. The van der Waals surface area contributed by atoms with Crippen molar-refractivity contribution in [2.24, 2.45) is 0 Å². The Morgan fingerprint density at radius 1 is 1.48 bits per heavy atom. The van der Waals surface area contributed by atoms with Crippen LogP contribution in [-0.4, -0.2) is 63.8 Å². The molecule has 3 heterocycles. The van der Waals surface area contributed by atoms with Gasteiger partial charge in [0, 0.05) is 19.1 Å². The van der Waals surface area contributed by atoms with Crippen molar-refractivity contribution >= 4 is 27.5 Å². The molecule has 0 spiro atoms. The van der Waals surface area contributed by atoms with Gasteiger partial charge < -0.3 is 9.32 Å². The van der Waals surface area contributed by atoms with Crippen molar-refractivity contribution in [2.75, 3.05) is 23.8 Å². The van der Waals surface area contributed by atoms with E-state index in [1.165, 1.54) is 11.8 Å². The van der Waals surface area contributed by atoms with Gasteiger partial charge in [0.15, 0.2) is 20.8 Å². The lowest BCUT2D eigenvalue weighted by Gasteiger charge is -2.28. The lowest BCUT2D eigenvalue weighted by molar-refractivity contribution is -0.130. The van der Waals surface area contributed by atoms with E-state index in [0.29, 0.717) is 36.3 Å². The van der Waals surface area contributed by atoms with Crippen LogP contribution in [0.5, 0.6) is 0 Å². The summed E-state index contributed by atoms with van der Waals surface area (Å²) in [5, 5.41) is 9.00. The maximum atomic E-state index is 12.9. The average Bonchev–Trinajstić information content (AvgIpc) is 3.41. The van der Waals surface area contributed by atoms with Crippen molar-refractivity contribution < 1.29 is 17.6 Å². The number of hydrogen-bond donors (Lipinski definition) is 0. The van der Waals surface area contributed by atoms with Crippen LogP contribution in [0.2, 0.25) is 0 Å². The lowest BCUT2D eigenvalue weighted by Crippen LogP contribution is -2.42. The zero-order valence-electron chi connectivity index (χ0n) is 16.5. The normalized spacial score (nSPS) is 18.0. The maximum Gasteiger partial charge on any atom is 0.233 e. The molecule has 158 valence electrons. The van der Waals surface area contributed by atoms with E-state index in [1.807, 2.05) is 4.57 Å². The van der Waals surface area contributed by atoms with Crippen molar-refractivity contribution in [3.05, 3.63) is 31.1 Å². The van der Waals surface area contributed by atoms with Crippen LogP contribution in [0.15, 0.2) is 40.6 Å². The summed E-state index contributed by atoms with van der Waals surface area (Å²) in [6, 6.07) is 3.35. The number of hydrogen-bond acceptors (Lipinski definition) is 7. The second-order valence-electron chi connectivity index (χ2n) is 6.97. The number of amides is 1. The zero-order valence-corrected chi connectivity index (χ0v) is 18.1. The topological polar surface area (TPSA) is 98.3 Å². The number of carbonyl (C=O) groups is 1. The smallest absolute Gasteiger partial charge is 0.233 e. The second-order valence-corrected chi connectivity index (χ2v) is 10.1. The number of rotatable bonds is 10. The third-order valence-corrected chi connectivity index (χ3v) is 7.52. The van der Waals surface area contributed by atoms with Gasteiger partial charge in [0.1, 0.15) is 0 Å². The summed E-state index contributed by atoms with van der Waals surface area (Å²) in [5.41, 5.74) is 0. The van der Waals surface area contributed by atoms with Gasteiger partial charge in [-0.15, -0.1) is 16.8 Å². The van der Waals surface area contributed by atoms with Crippen molar-refractivity contribution in [2.45, 2.75) is 43.9 Å². The number of aromatic nitrogens is 3. The minimum atomic E-state index is -3.05. The highest BCUT2D eigenvalue weighted by atomic mass is 32.2. The number of allylic oxidation sites excluding steroid dienone is 1. The van der Waals surface area contributed by atoms with E-state index in [2.05, 4.69) is 23.7 Å². The first kappa shape index (κ1) is 21.6. The number of furan rings is 1. The van der Waals surface area contributed by atoms with Gasteiger partial charge in [-0.1, -0.05) is 31.2 Å². The Bertz CT molecular complexity index is 938. The molecule has 0 aromatic carbocycles. The molecule has 0 aliphatic carbocycles. The standard InChI is InChI=1S/C19H26N4O4S2/c1-3-5-10-22(15-8-12-29(25,26)14-15)17(24)13-28-19-21-20-18(23(19)9-4-2)16-7-6-11-27-16/h4,6-7,11,15H,2-3,5,8-10,12-14H2,1H3. The molecule has 1 saturated heterocycles. The van der Waals surface area contributed by atoms with Crippen molar-refractivity contribution in [3.63, 3.8) is 0 Å². The van der Waals surface area contributed by atoms with Crippen molar-refractivity contribution in [1.29, 1.82) is 0 Å². The number of nitrogens with zero attached hydrogens (tertiary/aromatic N) is 4. The van der Waals surface area contributed by atoms with Gasteiger partial charge >= 0.3 is 0 Å². The predicted octanol–water partition coefficient (Wildman–Crippen LogP) is 2.63. The fourth-order valence-electron chi connectivity index (χ4n) is 3.35. The average molecular weight is 439 g/mol. The maximum absolute atomic E-state index is 12.9. The van der Waals surface area contributed by atoms with E-state index in [-0.39, 0.29) is 29.2 Å². The number of sulfone groups is 1. The Morgan fingerprint density at radius 3 is 2.93 bits per heavy atom. The molecule has 8 nitrogen and oxygen atoms in total. The molecule has 0 bridgehead atoms. The van der Waals surface area contributed by atoms with Crippen LogP contribution in [0.3, 0.4) is 0 Å².